The van der Waals surface area contributed by atoms with Gasteiger partial charge in [0, 0.05) is 10.0 Å². The first-order chi connectivity index (χ1) is 6.06. The Hall–Kier alpha value is -1.03. The fourth-order valence-corrected chi connectivity index (χ4v) is 1.41. The summed E-state index contributed by atoms with van der Waals surface area (Å²) >= 11 is 3.25. The van der Waals surface area contributed by atoms with Crippen LogP contribution in [-0.4, -0.2) is 12.9 Å². The quantitative estimate of drug-likeness (QED) is 0.641. The summed E-state index contributed by atoms with van der Waals surface area (Å²) < 4.78 is 5.69. The number of nitrogens with two attached hydrogens (primary N) is 1. The van der Waals surface area contributed by atoms with Crippen molar-refractivity contribution in [2.24, 2.45) is 0 Å². The molecule has 3 nitrogen and oxygen atoms in total. The molecule has 0 aliphatic carbocycles. The van der Waals surface area contributed by atoms with Gasteiger partial charge in [-0.3, -0.25) is 4.79 Å². The van der Waals surface area contributed by atoms with E-state index in [1.807, 2.05) is 0 Å². The maximum atomic E-state index is 11.1. The molecule has 0 saturated heterocycles. The first-order valence-corrected chi connectivity index (χ1v) is 4.49. The van der Waals surface area contributed by atoms with Gasteiger partial charge in [-0.1, -0.05) is 0 Å². The van der Waals surface area contributed by atoms with Crippen LogP contribution in [0.2, 0.25) is 0 Å². The van der Waals surface area contributed by atoms with Gasteiger partial charge in [0.25, 0.3) is 0 Å². The normalized spacial score (nSPS) is 9.77. The van der Waals surface area contributed by atoms with Gasteiger partial charge in [0.05, 0.1) is 12.8 Å². The molecule has 0 amide bonds. The molecule has 1 aromatic carbocycles. The van der Waals surface area contributed by atoms with Crippen LogP contribution in [0.5, 0.6) is 5.75 Å². The Balaban J connectivity index is 3.30. The third-order valence-electron chi connectivity index (χ3n) is 1.72. The van der Waals surface area contributed by atoms with Gasteiger partial charge in [-0.2, -0.15) is 0 Å². The van der Waals surface area contributed by atoms with E-state index in [4.69, 9.17) is 10.5 Å². The van der Waals surface area contributed by atoms with Crippen molar-refractivity contribution < 1.29 is 9.53 Å². The lowest BCUT2D eigenvalue weighted by Crippen LogP contribution is -1.98. The highest BCUT2D eigenvalue weighted by Gasteiger charge is 2.08. The van der Waals surface area contributed by atoms with E-state index in [0.29, 0.717) is 21.5 Å². The average molecular weight is 244 g/mol. The lowest BCUT2D eigenvalue weighted by Gasteiger charge is -2.07. The number of carbonyl (C=O) groups is 1. The smallest absolute Gasteiger partial charge is 0.159 e. The van der Waals surface area contributed by atoms with Gasteiger partial charge < -0.3 is 10.5 Å². The summed E-state index contributed by atoms with van der Waals surface area (Å²) in [6.07, 6.45) is 0. The van der Waals surface area contributed by atoms with Crippen LogP contribution in [0.4, 0.5) is 5.69 Å². The van der Waals surface area contributed by atoms with E-state index < -0.39 is 0 Å². The molecule has 0 atom stereocenters. The second-order valence-electron chi connectivity index (χ2n) is 2.63. The van der Waals surface area contributed by atoms with Crippen LogP contribution in [0.25, 0.3) is 0 Å². The average Bonchev–Trinajstić information content (AvgIpc) is 2.09. The molecule has 70 valence electrons. The third kappa shape index (κ3) is 2.01. The molecule has 4 heteroatoms. The number of methoxy groups -OCH3 is 1. The van der Waals surface area contributed by atoms with E-state index in [0.717, 1.165) is 0 Å². The highest BCUT2D eigenvalue weighted by atomic mass is 79.9. The van der Waals surface area contributed by atoms with E-state index >= 15 is 0 Å². The zero-order valence-electron chi connectivity index (χ0n) is 7.43. The summed E-state index contributed by atoms with van der Waals surface area (Å²) in [5.74, 6) is 0.499. The summed E-state index contributed by atoms with van der Waals surface area (Å²) in [6.45, 7) is 1.50. The van der Waals surface area contributed by atoms with E-state index in [-0.39, 0.29) is 5.78 Å². The minimum absolute atomic E-state index is 0.0148. The molecule has 0 aliphatic rings. The van der Waals surface area contributed by atoms with Gasteiger partial charge in [-0.05, 0) is 35.0 Å². The van der Waals surface area contributed by atoms with E-state index in [9.17, 15) is 4.79 Å². The lowest BCUT2D eigenvalue weighted by molar-refractivity contribution is 0.101. The van der Waals surface area contributed by atoms with E-state index in [2.05, 4.69) is 15.9 Å². The van der Waals surface area contributed by atoms with Gasteiger partial charge in [0.2, 0.25) is 0 Å². The first kappa shape index (κ1) is 10.1. The minimum atomic E-state index is -0.0148. The molecule has 1 rings (SSSR count). The Labute approximate surface area is 85.0 Å². The molecular formula is C9H10BrNO2. The number of ether oxygens (including phenoxy) is 1. The topological polar surface area (TPSA) is 52.3 Å². The van der Waals surface area contributed by atoms with Crippen LogP contribution in [0.1, 0.15) is 17.3 Å². The molecule has 0 fully saturated rings. The largest absolute Gasteiger partial charge is 0.495 e. The van der Waals surface area contributed by atoms with Gasteiger partial charge >= 0.3 is 0 Å². The molecule has 0 unspecified atom stereocenters. The molecule has 0 spiro atoms. The number of carbonyl (C=O) groups excluding carboxylic acids is 1. The first-order valence-electron chi connectivity index (χ1n) is 3.70. The Kier molecular flexibility index (Phi) is 2.93. The number of nitrogen functional groups attached to an aromatic ring is 1. The molecule has 0 heterocycles. The van der Waals surface area contributed by atoms with Crippen molar-refractivity contribution in [1.29, 1.82) is 0 Å². The SMILES string of the molecule is COc1cc(C(C)=O)cc(Br)c1N. The number of ketones is 1. The fraction of sp³-hybridized carbons (Fsp3) is 0.222. The Bertz CT molecular complexity index is 350. The number of benzene rings is 1. The number of rotatable bonds is 2. The van der Waals surface area contributed by atoms with Gasteiger partial charge in [0.15, 0.2) is 5.78 Å². The second-order valence-corrected chi connectivity index (χ2v) is 3.48. The third-order valence-corrected chi connectivity index (χ3v) is 2.37. The van der Waals surface area contributed by atoms with Crippen molar-refractivity contribution in [2.45, 2.75) is 6.92 Å². The van der Waals surface area contributed by atoms with Crippen LogP contribution < -0.4 is 10.5 Å². The maximum Gasteiger partial charge on any atom is 0.159 e. The molecule has 0 aromatic heterocycles. The number of Topliss-reactive ketones (excluding diaryl/α,β-unsaturated/α-hetero) is 1. The molecule has 0 saturated carbocycles. The van der Waals surface area contributed by atoms with Gasteiger partial charge in [-0.25, -0.2) is 0 Å². The molecule has 0 aliphatic heterocycles. The van der Waals surface area contributed by atoms with Gasteiger partial charge in [-0.15, -0.1) is 0 Å². The van der Waals surface area contributed by atoms with Crippen LogP contribution >= 0.6 is 15.9 Å². The van der Waals surface area contributed by atoms with E-state index in [1.54, 1.807) is 12.1 Å². The molecular weight excluding hydrogens is 234 g/mol. The molecule has 0 bridgehead atoms. The predicted octanol–water partition coefficient (Wildman–Crippen LogP) is 2.24. The zero-order valence-corrected chi connectivity index (χ0v) is 9.01. The van der Waals surface area contributed by atoms with Crippen LogP contribution in [0, 0.1) is 0 Å². The Morgan fingerprint density at radius 3 is 2.62 bits per heavy atom. The van der Waals surface area contributed by atoms with Crippen molar-refractivity contribution >= 4 is 27.4 Å². The standard InChI is InChI=1S/C9H10BrNO2/c1-5(12)6-3-7(10)9(11)8(4-6)13-2/h3-4H,11H2,1-2H3. The molecule has 1 aromatic rings. The van der Waals surface area contributed by atoms with Crippen molar-refractivity contribution in [3.8, 4) is 5.75 Å². The summed E-state index contributed by atoms with van der Waals surface area (Å²) in [6, 6.07) is 3.31. The van der Waals surface area contributed by atoms with Crippen molar-refractivity contribution in [2.75, 3.05) is 12.8 Å². The van der Waals surface area contributed by atoms with E-state index in [1.165, 1.54) is 14.0 Å². The summed E-state index contributed by atoms with van der Waals surface area (Å²) in [7, 11) is 1.52. The molecule has 0 radical (unpaired) electrons. The summed E-state index contributed by atoms with van der Waals surface area (Å²) in [5, 5.41) is 0. The number of hydrogen-bond acceptors (Lipinski definition) is 3. The maximum absolute atomic E-state index is 11.1. The number of hydrogen-bond donors (Lipinski definition) is 1. The van der Waals surface area contributed by atoms with Crippen molar-refractivity contribution in [3.05, 3.63) is 22.2 Å². The summed E-state index contributed by atoms with van der Waals surface area (Å²) in [4.78, 5) is 11.1. The molecule has 13 heavy (non-hydrogen) atoms. The fourth-order valence-electron chi connectivity index (χ4n) is 0.965. The predicted molar refractivity (Wildman–Crippen MR) is 55.1 cm³/mol. The highest BCUT2D eigenvalue weighted by Crippen LogP contribution is 2.31. The highest BCUT2D eigenvalue weighted by molar-refractivity contribution is 9.10. The van der Waals surface area contributed by atoms with Crippen molar-refractivity contribution in [3.63, 3.8) is 0 Å². The Morgan fingerprint density at radius 2 is 2.15 bits per heavy atom. The van der Waals surface area contributed by atoms with Crippen LogP contribution in [0.15, 0.2) is 16.6 Å². The Morgan fingerprint density at radius 1 is 1.54 bits per heavy atom. The van der Waals surface area contributed by atoms with Gasteiger partial charge in [0.1, 0.15) is 5.75 Å². The van der Waals surface area contributed by atoms with Crippen LogP contribution in [-0.2, 0) is 0 Å². The lowest BCUT2D eigenvalue weighted by atomic mass is 10.1. The van der Waals surface area contributed by atoms with Crippen LogP contribution in [0.3, 0.4) is 0 Å². The number of anilines is 1. The van der Waals surface area contributed by atoms with Crippen molar-refractivity contribution in [1.82, 2.24) is 0 Å². The molecule has 2 N–H and O–H groups in total. The second kappa shape index (κ2) is 3.79. The summed E-state index contributed by atoms with van der Waals surface area (Å²) in [5.41, 5.74) is 6.77. The zero-order chi connectivity index (χ0) is 10.0. The minimum Gasteiger partial charge on any atom is -0.495 e. The number of halogens is 1. The monoisotopic (exact) mass is 243 g/mol.